The largest absolute Gasteiger partial charge is 0.306 e. The number of benzene rings is 1. The van der Waals surface area contributed by atoms with Crippen LogP contribution in [0.25, 0.3) is 0 Å². The summed E-state index contributed by atoms with van der Waals surface area (Å²) in [6.07, 6.45) is 1.13. The molecule has 9 heteroatoms. The van der Waals surface area contributed by atoms with Crippen LogP contribution in [0.5, 0.6) is 0 Å². The smallest absolute Gasteiger partial charge is 0.300 e. The number of unbranched alkanes of at least 4 members (excludes halogenated alkanes) is 1. The van der Waals surface area contributed by atoms with E-state index in [0.717, 1.165) is 6.42 Å². The lowest BCUT2D eigenvalue weighted by Gasteiger charge is -2.50. The summed E-state index contributed by atoms with van der Waals surface area (Å²) in [5.74, 6) is -2.47. The van der Waals surface area contributed by atoms with Crippen molar-refractivity contribution in [2.45, 2.75) is 44.2 Å². The van der Waals surface area contributed by atoms with Gasteiger partial charge in [0, 0.05) is 27.4 Å². The van der Waals surface area contributed by atoms with Gasteiger partial charge in [-0.25, -0.2) is 0 Å². The first-order valence-electron chi connectivity index (χ1n) is 9.37. The molecule has 1 heterocycles. The fourth-order valence-electron chi connectivity index (χ4n) is 4.86. The molecular weight excluding hydrogens is 366 g/mol. The van der Waals surface area contributed by atoms with Crippen LogP contribution in [0.3, 0.4) is 0 Å². The van der Waals surface area contributed by atoms with Crippen molar-refractivity contribution in [2.75, 3.05) is 19.6 Å². The second kappa shape index (κ2) is 7.05. The second-order valence-corrected chi connectivity index (χ2v) is 7.76. The SMILES string of the molecule is CCCCN1CC2([N+](=O)[O-])C(=O)c3ccccc3C([N+](=O)[O-])(C1)C2CC(C)=O. The lowest BCUT2D eigenvalue weighted by atomic mass is 9.56. The van der Waals surface area contributed by atoms with Gasteiger partial charge in [0.05, 0.1) is 13.1 Å². The van der Waals surface area contributed by atoms with E-state index >= 15 is 0 Å². The predicted octanol–water partition coefficient (Wildman–Crippen LogP) is 2.08. The van der Waals surface area contributed by atoms with Crippen LogP contribution in [-0.2, 0) is 10.3 Å². The molecule has 3 atom stereocenters. The zero-order valence-corrected chi connectivity index (χ0v) is 15.9. The lowest BCUT2D eigenvalue weighted by molar-refractivity contribution is -0.640. The van der Waals surface area contributed by atoms with Gasteiger partial charge < -0.3 is 4.79 Å². The maximum absolute atomic E-state index is 13.4. The van der Waals surface area contributed by atoms with Crippen LogP contribution >= 0.6 is 0 Å². The van der Waals surface area contributed by atoms with Crippen LogP contribution in [0.4, 0.5) is 0 Å². The van der Waals surface area contributed by atoms with Gasteiger partial charge in [0.2, 0.25) is 5.78 Å². The minimum atomic E-state index is -2.21. The topological polar surface area (TPSA) is 124 Å². The van der Waals surface area contributed by atoms with E-state index in [4.69, 9.17) is 0 Å². The number of piperidine rings is 1. The standard InChI is InChI=1S/C19H23N3O6/c1-3-4-9-20-11-18(21(25)26)15-8-6-5-7-14(15)17(24)19(12-20,22(27)28)16(18)10-13(2)23/h5-8,16H,3-4,9-12H2,1-2H3. The first-order valence-corrected chi connectivity index (χ1v) is 9.37. The Morgan fingerprint density at radius 1 is 1.18 bits per heavy atom. The Kier molecular flexibility index (Phi) is 5.05. The molecule has 0 N–H and O–H groups in total. The van der Waals surface area contributed by atoms with Crippen molar-refractivity contribution < 1.29 is 19.4 Å². The van der Waals surface area contributed by atoms with Crippen LogP contribution in [-0.4, -0.2) is 51.5 Å². The van der Waals surface area contributed by atoms with E-state index in [0.29, 0.717) is 13.0 Å². The first kappa shape index (κ1) is 20.1. The molecule has 2 aliphatic rings. The Balaban J connectivity index is 2.34. The number of carbonyl (C=O) groups is 2. The van der Waals surface area contributed by atoms with E-state index in [2.05, 4.69) is 0 Å². The molecule has 1 saturated heterocycles. The fourth-order valence-corrected chi connectivity index (χ4v) is 4.86. The van der Waals surface area contributed by atoms with Gasteiger partial charge in [-0.05, 0) is 19.9 Å². The Bertz CT molecular complexity index is 856. The van der Waals surface area contributed by atoms with Crippen molar-refractivity contribution in [2.24, 2.45) is 5.92 Å². The molecule has 1 aromatic carbocycles. The molecule has 0 aromatic heterocycles. The minimum Gasteiger partial charge on any atom is -0.300 e. The quantitative estimate of drug-likeness (QED) is 0.516. The number of hydrogen-bond donors (Lipinski definition) is 0. The summed E-state index contributed by atoms with van der Waals surface area (Å²) in [7, 11) is 0. The normalized spacial score (nSPS) is 29.2. The summed E-state index contributed by atoms with van der Waals surface area (Å²) in [6.45, 7) is 3.34. The van der Waals surface area contributed by atoms with E-state index in [9.17, 15) is 29.8 Å². The molecule has 1 fully saturated rings. The summed E-state index contributed by atoms with van der Waals surface area (Å²) in [6, 6.07) is 6.05. The lowest BCUT2D eigenvalue weighted by Crippen LogP contribution is -2.75. The molecule has 0 saturated carbocycles. The van der Waals surface area contributed by atoms with Crippen molar-refractivity contribution in [3.05, 3.63) is 55.6 Å². The summed E-state index contributed by atoms with van der Waals surface area (Å²) >= 11 is 0. The van der Waals surface area contributed by atoms with Crippen LogP contribution in [0.1, 0.15) is 49.0 Å². The van der Waals surface area contributed by atoms with Crippen molar-refractivity contribution in [1.29, 1.82) is 0 Å². The zero-order valence-electron chi connectivity index (χ0n) is 15.9. The van der Waals surface area contributed by atoms with Crippen molar-refractivity contribution >= 4 is 11.6 Å². The third kappa shape index (κ3) is 2.64. The van der Waals surface area contributed by atoms with Gasteiger partial charge in [-0.3, -0.25) is 29.9 Å². The number of Topliss-reactive ketones (excluding diaryl/α,β-unsaturated/α-hetero) is 2. The van der Waals surface area contributed by atoms with Crippen LogP contribution < -0.4 is 0 Å². The molecule has 1 aromatic rings. The maximum Gasteiger partial charge on any atom is 0.306 e. The number of carbonyl (C=O) groups excluding carboxylic acids is 2. The van der Waals surface area contributed by atoms with E-state index < -0.39 is 38.4 Å². The number of nitro groups is 2. The number of fused-ring (bicyclic) bond motifs is 4. The molecule has 0 spiro atoms. The van der Waals surface area contributed by atoms with E-state index in [1.807, 2.05) is 6.92 Å². The molecule has 3 unspecified atom stereocenters. The van der Waals surface area contributed by atoms with Crippen molar-refractivity contribution in [3.63, 3.8) is 0 Å². The Hall–Kier alpha value is -2.68. The highest BCUT2D eigenvalue weighted by molar-refractivity contribution is 6.06. The monoisotopic (exact) mass is 389 g/mol. The number of likely N-dealkylation sites (tertiary alicyclic amines) is 1. The molecular formula is C19H23N3O6. The van der Waals surface area contributed by atoms with Gasteiger partial charge >= 0.3 is 5.54 Å². The van der Waals surface area contributed by atoms with Crippen molar-refractivity contribution in [1.82, 2.24) is 4.90 Å². The average molecular weight is 389 g/mol. The van der Waals surface area contributed by atoms with Crippen LogP contribution in [0.2, 0.25) is 0 Å². The highest BCUT2D eigenvalue weighted by Gasteiger charge is 2.77. The fraction of sp³-hybridized carbons (Fsp3) is 0.579. The summed E-state index contributed by atoms with van der Waals surface area (Å²) in [4.78, 5) is 50.6. The Morgan fingerprint density at radius 3 is 2.36 bits per heavy atom. The van der Waals surface area contributed by atoms with Crippen molar-refractivity contribution in [3.8, 4) is 0 Å². The van der Waals surface area contributed by atoms with Gasteiger partial charge in [0.15, 0.2) is 0 Å². The van der Waals surface area contributed by atoms with E-state index in [1.54, 1.807) is 17.0 Å². The van der Waals surface area contributed by atoms with E-state index in [-0.39, 0.29) is 30.6 Å². The Morgan fingerprint density at radius 2 is 1.79 bits per heavy atom. The molecule has 2 bridgehead atoms. The van der Waals surface area contributed by atoms with Crippen LogP contribution in [0.15, 0.2) is 24.3 Å². The molecule has 3 rings (SSSR count). The highest BCUT2D eigenvalue weighted by atomic mass is 16.6. The molecule has 28 heavy (non-hydrogen) atoms. The second-order valence-electron chi connectivity index (χ2n) is 7.76. The maximum atomic E-state index is 13.4. The zero-order chi connectivity index (χ0) is 20.7. The molecule has 150 valence electrons. The Labute approximate surface area is 162 Å². The number of nitrogens with zero attached hydrogens (tertiary/aromatic N) is 3. The van der Waals surface area contributed by atoms with Crippen LogP contribution in [0, 0.1) is 26.1 Å². The van der Waals surface area contributed by atoms with Gasteiger partial charge in [-0.1, -0.05) is 37.6 Å². The predicted molar refractivity (Wildman–Crippen MR) is 99.3 cm³/mol. The number of rotatable bonds is 7. The van der Waals surface area contributed by atoms with Gasteiger partial charge in [-0.2, -0.15) is 0 Å². The third-order valence-electron chi connectivity index (χ3n) is 6.08. The minimum absolute atomic E-state index is 0.0193. The number of ketones is 2. The molecule has 1 aliphatic carbocycles. The number of hydrogen-bond acceptors (Lipinski definition) is 7. The van der Waals surface area contributed by atoms with E-state index in [1.165, 1.54) is 19.1 Å². The summed E-state index contributed by atoms with van der Waals surface area (Å²) < 4.78 is 0. The third-order valence-corrected chi connectivity index (χ3v) is 6.08. The summed E-state index contributed by atoms with van der Waals surface area (Å²) in [5.41, 5.74) is -3.89. The van der Waals surface area contributed by atoms with Gasteiger partial charge in [0.25, 0.3) is 5.54 Å². The molecule has 9 nitrogen and oxygen atoms in total. The van der Waals surface area contributed by atoms with Gasteiger partial charge in [0.1, 0.15) is 11.7 Å². The molecule has 1 aliphatic heterocycles. The molecule has 0 amide bonds. The first-order chi connectivity index (χ1) is 13.2. The average Bonchev–Trinajstić information content (AvgIpc) is 2.64. The summed E-state index contributed by atoms with van der Waals surface area (Å²) in [5, 5.41) is 24.8. The molecule has 0 radical (unpaired) electrons. The van der Waals surface area contributed by atoms with Gasteiger partial charge in [-0.15, -0.1) is 0 Å². The highest BCUT2D eigenvalue weighted by Crippen LogP contribution is 2.53.